The van der Waals surface area contributed by atoms with Gasteiger partial charge in [0.05, 0.1) is 12.2 Å². The van der Waals surface area contributed by atoms with Crippen LogP contribution >= 0.6 is 11.6 Å². The number of aryl methyl sites for hydroxylation is 2. The fraction of sp³-hybridized carbons (Fsp3) is 0.714. The lowest BCUT2D eigenvalue weighted by atomic mass is 9.78. The molecule has 2 aliphatic heterocycles. The Bertz CT molecular complexity index is 534. The fourth-order valence-corrected chi connectivity index (χ4v) is 3.70. The molecule has 2 fully saturated rings. The van der Waals surface area contributed by atoms with E-state index in [-0.39, 0.29) is 11.3 Å². The summed E-state index contributed by atoms with van der Waals surface area (Å²) in [6.45, 7) is 5.44. The van der Waals surface area contributed by atoms with E-state index in [2.05, 4.69) is 10.4 Å². The average molecular weight is 297 g/mol. The van der Waals surface area contributed by atoms with E-state index >= 15 is 0 Å². The van der Waals surface area contributed by atoms with E-state index in [9.17, 15) is 4.79 Å². The van der Waals surface area contributed by atoms with Gasteiger partial charge >= 0.3 is 0 Å². The summed E-state index contributed by atoms with van der Waals surface area (Å²) < 4.78 is 1.67. The highest BCUT2D eigenvalue weighted by atomic mass is 35.5. The van der Waals surface area contributed by atoms with Crippen LogP contribution in [0.1, 0.15) is 30.5 Å². The van der Waals surface area contributed by atoms with Crippen molar-refractivity contribution in [1.29, 1.82) is 0 Å². The van der Waals surface area contributed by atoms with Crippen molar-refractivity contribution in [2.75, 3.05) is 19.6 Å². The predicted molar refractivity (Wildman–Crippen MR) is 77.5 cm³/mol. The van der Waals surface area contributed by atoms with Gasteiger partial charge < -0.3 is 10.2 Å². The van der Waals surface area contributed by atoms with Crippen molar-refractivity contribution in [2.24, 2.45) is 12.5 Å². The molecule has 3 rings (SSSR count). The molecule has 3 heterocycles. The smallest absolute Gasteiger partial charge is 0.223 e. The molecule has 0 atom stereocenters. The maximum atomic E-state index is 12.3. The summed E-state index contributed by atoms with van der Waals surface area (Å²) in [6, 6.07) is 0. The summed E-state index contributed by atoms with van der Waals surface area (Å²) in [6.07, 6.45) is 2.87. The molecule has 1 N–H and O–H groups in total. The Labute approximate surface area is 124 Å². The van der Waals surface area contributed by atoms with Gasteiger partial charge in [-0.2, -0.15) is 5.10 Å². The minimum absolute atomic E-state index is 0.185. The van der Waals surface area contributed by atoms with Gasteiger partial charge in [0.2, 0.25) is 5.91 Å². The molecule has 0 saturated carbocycles. The summed E-state index contributed by atoms with van der Waals surface area (Å²) >= 11 is 6.27. The number of hydrogen-bond donors (Lipinski definition) is 1. The number of aromatic nitrogens is 2. The molecule has 0 bridgehead atoms. The summed E-state index contributed by atoms with van der Waals surface area (Å²) in [5, 5.41) is 8.33. The van der Waals surface area contributed by atoms with E-state index in [1.807, 2.05) is 18.9 Å². The van der Waals surface area contributed by atoms with Gasteiger partial charge in [-0.05, 0) is 38.3 Å². The number of rotatable bonds is 2. The first kappa shape index (κ1) is 13.9. The SMILES string of the molecule is Cc1nn(C)c(Cl)c1CN1CC2(CCNCC2)CC1=O. The maximum Gasteiger partial charge on any atom is 0.223 e. The van der Waals surface area contributed by atoms with Crippen LogP contribution in [0.5, 0.6) is 0 Å². The normalized spacial score (nSPS) is 21.9. The lowest BCUT2D eigenvalue weighted by Gasteiger charge is -2.33. The first-order valence-corrected chi connectivity index (χ1v) is 7.55. The van der Waals surface area contributed by atoms with Crippen LogP contribution in [0.15, 0.2) is 0 Å². The van der Waals surface area contributed by atoms with E-state index < -0.39 is 0 Å². The zero-order chi connectivity index (χ0) is 14.3. The zero-order valence-corrected chi connectivity index (χ0v) is 12.8. The molecule has 0 aliphatic carbocycles. The third-order valence-corrected chi connectivity index (χ3v) is 5.16. The lowest BCUT2D eigenvalue weighted by Crippen LogP contribution is -2.38. The Balaban J connectivity index is 1.76. The first-order valence-electron chi connectivity index (χ1n) is 7.17. The van der Waals surface area contributed by atoms with Crippen LogP contribution in [0.3, 0.4) is 0 Å². The summed E-state index contributed by atoms with van der Waals surface area (Å²) in [5.74, 6) is 0.256. The van der Waals surface area contributed by atoms with Crippen molar-refractivity contribution >= 4 is 17.5 Å². The number of hydrogen-bond acceptors (Lipinski definition) is 3. The molecule has 0 aromatic carbocycles. The van der Waals surface area contributed by atoms with E-state index in [1.165, 1.54) is 0 Å². The van der Waals surface area contributed by atoms with Gasteiger partial charge in [-0.1, -0.05) is 11.6 Å². The van der Waals surface area contributed by atoms with E-state index in [1.54, 1.807) is 4.68 Å². The number of likely N-dealkylation sites (tertiary alicyclic amines) is 1. The predicted octanol–water partition coefficient (Wildman–Crippen LogP) is 1.48. The highest BCUT2D eigenvalue weighted by Crippen LogP contribution is 2.40. The monoisotopic (exact) mass is 296 g/mol. The molecular weight excluding hydrogens is 276 g/mol. The van der Waals surface area contributed by atoms with Crippen molar-refractivity contribution in [3.8, 4) is 0 Å². The molecule has 1 aromatic rings. The largest absolute Gasteiger partial charge is 0.338 e. The quantitative estimate of drug-likeness (QED) is 0.899. The van der Waals surface area contributed by atoms with Gasteiger partial charge in [0.15, 0.2) is 0 Å². The molecule has 0 radical (unpaired) electrons. The Morgan fingerprint density at radius 1 is 1.40 bits per heavy atom. The van der Waals surface area contributed by atoms with Crippen molar-refractivity contribution in [3.63, 3.8) is 0 Å². The molecule has 1 aromatic heterocycles. The Hall–Kier alpha value is -1.07. The van der Waals surface area contributed by atoms with Gasteiger partial charge in [-0.15, -0.1) is 0 Å². The van der Waals surface area contributed by atoms with E-state index in [4.69, 9.17) is 11.6 Å². The maximum absolute atomic E-state index is 12.3. The number of nitrogens with one attached hydrogen (secondary N) is 1. The number of halogens is 1. The number of piperidine rings is 1. The number of carbonyl (C=O) groups is 1. The van der Waals surface area contributed by atoms with Crippen LogP contribution in [0.25, 0.3) is 0 Å². The molecule has 110 valence electrons. The Morgan fingerprint density at radius 3 is 2.70 bits per heavy atom. The summed E-state index contributed by atoms with van der Waals surface area (Å²) in [4.78, 5) is 14.3. The minimum atomic E-state index is 0.185. The molecule has 0 unspecified atom stereocenters. The van der Waals surface area contributed by atoms with Crippen molar-refractivity contribution in [1.82, 2.24) is 20.0 Å². The molecule has 5 nitrogen and oxygen atoms in total. The second-order valence-corrected chi connectivity index (χ2v) is 6.51. The molecular formula is C14H21ClN4O. The van der Waals surface area contributed by atoms with Gasteiger partial charge in [-0.25, -0.2) is 0 Å². The van der Waals surface area contributed by atoms with Crippen LogP contribution in [-0.4, -0.2) is 40.2 Å². The van der Waals surface area contributed by atoms with Crippen LogP contribution < -0.4 is 5.32 Å². The zero-order valence-electron chi connectivity index (χ0n) is 12.1. The fourth-order valence-electron chi connectivity index (χ4n) is 3.46. The van der Waals surface area contributed by atoms with Gasteiger partial charge in [0, 0.05) is 25.6 Å². The number of amides is 1. The van der Waals surface area contributed by atoms with Crippen LogP contribution in [0.2, 0.25) is 5.15 Å². The van der Waals surface area contributed by atoms with Crippen molar-refractivity contribution in [3.05, 3.63) is 16.4 Å². The van der Waals surface area contributed by atoms with E-state index in [0.717, 1.165) is 43.7 Å². The molecule has 2 saturated heterocycles. The second-order valence-electron chi connectivity index (χ2n) is 6.15. The molecule has 2 aliphatic rings. The second kappa shape index (κ2) is 5.04. The average Bonchev–Trinajstić information content (AvgIpc) is 2.83. The lowest BCUT2D eigenvalue weighted by molar-refractivity contribution is -0.128. The highest BCUT2D eigenvalue weighted by Gasteiger charge is 2.43. The summed E-state index contributed by atoms with van der Waals surface area (Å²) in [7, 11) is 1.83. The van der Waals surface area contributed by atoms with Crippen LogP contribution in [0.4, 0.5) is 0 Å². The first-order chi connectivity index (χ1) is 9.51. The number of nitrogens with zero attached hydrogens (tertiary/aromatic N) is 3. The number of carbonyl (C=O) groups excluding carboxylic acids is 1. The third kappa shape index (κ3) is 2.33. The third-order valence-electron chi connectivity index (χ3n) is 4.69. The van der Waals surface area contributed by atoms with Gasteiger partial charge in [0.25, 0.3) is 0 Å². The molecule has 6 heteroatoms. The standard InChI is InChI=1S/C14H21ClN4O/c1-10-11(13(15)18(2)17-10)8-19-9-14(7-12(19)20)3-5-16-6-4-14/h16H,3-9H2,1-2H3. The molecule has 20 heavy (non-hydrogen) atoms. The van der Waals surface area contributed by atoms with Crippen LogP contribution in [0, 0.1) is 12.3 Å². The van der Waals surface area contributed by atoms with Gasteiger partial charge in [0.1, 0.15) is 5.15 Å². The highest BCUT2D eigenvalue weighted by molar-refractivity contribution is 6.30. The van der Waals surface area contributed by atoms with E-state index in [0.29, 0.717) is 18.1 Å². The van der Waals surface area contributed by atoms with Crippen LogP contribution in [-0.2, 0) is 18.4 Å². The van der Waals surface area contributed by atoms with Crippen molar-refractivity contribution < 1.29 is 4.79 Å². The molecule has 1 spiro atoms. The molecule has 1 amide bonds. The minimum Gasteiger partial charge on any atom is -0.338 e. The topological polar surface area (TPSA) is 50.2 Å². The Kier molecular flexibility index (Phi) is 3.50. The summed E-state index contributed by atoms with van der Waals surface area (Å²) in [5.41, 5.74) is 2.08. The Morgan fingerprint density at radius 2 is 2.10 bits per heavy atom. The van der Waals surface area contributed by atoms with Crippen molar-refractivity contribution in [2.45, 2.75) is 32.7 Å². The van der Waals surface area contributed by atoms with Gasteiger partial charge in [-0.3, -0.25) is 9.48 Å².